The second-order valence-corrected chi connectivity index (χ2v) is 5.71. The summed E-state index contributed by atoms with van der Waals surface area (Å²) in [5.41, 5.74) is 8.60. The lowest BCUT2D eigenvalue weighted by Crippen LogP contribution is -2.07. The molecule has 0 unspecified atom stereocenters. The number of thiazole rings is 1. The van der Waals surface area contributed by atoms with Gasteiger partial charge < -0.3 is 15.8 Å². The van der Waals surface area contributed by atoms with E-state index in [4.69, 9.17) is 10.5 Å². The summed E-state index contributed by atoms with van der Waals surface area (Å²) in [6.45, 7) is 0. The molecule has 1 heterocycles. The van der Waals surface area contributed by atoms with Gasteiger partial charge in [0.25, 0.3) is 0 Å². The van der Waals surface area contributed by atoms with Gasteiger partial charge in [0.15, 0.2) is 5.13 Å². The van der Waals surface area contributed by atoms with E-state index >= 15 is 0 Å². The number of esters is 1. The zero-order chi connectivity index (χ0) is 14.1. The van der Waals surface area contributed by atoms with Gasteiger partial charge in [0.05, 0.1) is 29.7 Å². The van der Waals surface area contributed by atoms with Gasteiger partial charge >= 0.3 is 5.97 Å². The van der Waals surface area contributed by atoms with Crippen molar-refractivity contribution in [2.45, 2.75) is 19.3 Å². The van der Waals surface area contributed by atoms with Gasteiger partial charge in [0.2, 0.25) is 0 Å². The van der Waals surface area contributed by atoms with Crippen LogP contribution in [0.5, 0.6) is 0 Å². The number of carbonyl (C=O) groups excluding carboxylic acids is 1. The van der Waals surface area contributed by atoms with Gasteiger partial charge in [-0.1, -0.05) is 6.07 Å². The number of nitrogens with one attached hydrogen (secondary N) is 1. The largest absolute Gasteiger partial charge is 0.465 e. The van der Waals surface area contributed by atoms with Crippen molar-refractivity contribution < 1.29 is 9.53 Å². The molecule has 104 valence electrons. The summed E-state index contributed by atoms with van der Waals surface area (Å²) in [6, 6.07) is 5.16. The van der Waals surface area contributed by atoms with E-state index in [0.29, 0.717) is 16.9 Å². The number of methoxy groups -OCH3 is 1. The van der Waals surface area contributed by atoms with E-state index in [1.165, 1.54) is 18.4 Å². The summed E-state index contributed by atoms with van der Waals surface area (Å²) in [5.74, 6) is -0.413. The van der Waals surface area contributed by atoms with Gasteiger partial charge in [-0.25, -0.2) is 9.78 Å². The van der Waals surface area contributed by atoms with E-state index in [1.807, 2.05) is 0 Å². The predicted molar refractivity (Wildman–Crippen MR) is 79.6 cm³/mol. The third kappa shape index (κ3) is 2.22. The summed E-state index contributed by atoms with van der Waals surface area (Å²) in [5, 5.41) is 3.94. The molecule has 0 amide bonds. The van der Waals surface area contributed by atoms with Gasteiger partial charge in [-0.05, 0) is 31.4 Å². The Morgan fingerprint density at radius 1 is 1.45 bits per heavy atom. The van der Waals surface area contributed by atoms with Gasteiger partial charge in [0.1, 0.15) is 0 Å². The van der Waals surface area contributed by atoms with Crippen molar-refractivity contribution in [2.75, 3.05) is 18.2 Å². The minimum Gasteiger partial charge on any atom is -0.465 e. The molecule has 1 aliphatic carbocycles. The molecule has 0 aliphatic heterocycles. The molecule has 3 N–H and O–H groups in total. The number of aryl methyl sites for hydroxylation is 2. The van der Waals surface area contributed by atoms with Crippen LogP contribution in [0.2, 0.25) is 0 Å². The Hall–Kier alpha value is -2.08. The van der Waals surface area contributed by atoms with Crippen LogP contribution in [-0.4, -0.2) is 18.1 Å². The van der Waals surface area contributed by atoms with Crippen LogP contribution in [0.15, 0.2) is 18.2 Å². The number of nitrogens with two attached hydrogens (primary N) is 1. The number of fused-ring (bicyclic) bond motifs is 1. The van der Waals surface area contributed by atoms with Gasteiger partial charge in [-0.2, -0.15) is 0 Å². The molecule has 6 heteroatoms. The first-order valence-corrected chi connectivity index (χ1v) is 7.23. The molecular weight excluding hydrogens is 274 g/mol. The van der Waals surface area contributed by atoms with Crippen LogP contribution in [0, 0.1) is 0 Å². The number of para-hydroxylation sites is 1. The molecular formula is C14H15N3O2S. The Balaban J connectivity index is 1.95. The molecule has 1 aromatic carbocycles. The Kier molecular flexibility index (Phi) is 3.31. The van der Waals surface area contributed by atoms with Gasteiger partial charge in [-0.15, -0.1) is 11.3 Å². The number of benzene rings is 1. The maximum atomic E-state index is 11.8. The topological polar surface area (TPSA) is 77.2 Å². The SMILES string of the molecule is COC(=O)c1cccc(N)c1Nc1nc2c(s1)CCC2. The molecule has 1 aromatic heterocycles. The van der Waals surface area contributed by atoms with Crippen LogP contribution in [0.25, 0.3) is 0 Å². The van der Waals surface area contributed by atoms with E-state index in [0.717, 1.165) is 23.7 Å². The molecule has 0 atom stereocenters. The van der Waals surface area contributed by atoms with Crippen molar-refractivity contribution in [3.8, 4) is 0 Å². The van der Waals surface area contributed by atoms with Crippen molar-refractivity contribution in [3.05, 3.63) is 34.3 Å². The van der Waals surface area contributed by atoms with Crippen molar-refractivity contribution in [3.63, 3.8) is 0 Å². The average molecular weight is 289 g/mol. The first-order valence-electron chi connectivity index (χ1n) is 6.41. The molecule has 0 bridgehead atoms. The number of nitrogens with zero attached hydrogens (tertiary/aromatic N) is 1. The summed E-state index contributed by atoms with van der Waals surface area (Å²) in [4.78, 5) is 17.7. The maximum absolute atomic E-state index is 11.8. The third-order valence-electron chi connectivity index (χ3n) is 3.33. The lowest BCUT2D eigenvalue weighted by Gasteiger charge is -2.11. The highest BCUT2D eigenvalue weighted by Crippen LogP contribution is 2.34. The lowest BCUT2D eigenvalue weighted by atomic mass is 10.1. The van der Waals surface area contributed by atoms with Crippen LogP contribution in [0.4, 0.5) is 16.5 Å². The van der Waals surface area contributed by atoms with E-state index in [1.54, 1.807) is 29.5 Å². The summed E-state index contributed by atoms with van der Waals surface area (Å²) < 4.78 is 4.78. The molecule has 0 saturated carbocycles. The zero-order valence-corrected chi connectivity index (χ0v) is 11.9. The van der Waals surface area contributed by atoms with Crippen molar-refractivity contribution >= 4 is 33.8 Å². The van der Waals surface area contributed by atoms with Crippen LogP contribution in [0.3, 0.4) is 0 Å². The molecule has 0 saturated heterocycles. The van der Waals surface area contributed by atoms with Crippen LogP contribution < -0.4 is 11.1 Å². The van der Waals surface area contributed by atoms with E-state index in [-0.39, 0.29) is 0 Å². The lowest BCUT2D eigenvalue weighted by molar-refractivity contribution is 0.0602. The van der Waals surface area contributed by atoms with Crippen LogP contribution >= 0.6 is 11.3 Å². The first-order chi connectivity index (χ1) is 9.69. The minimum absolute atomic E-state index is 0.413. The van der Waals surface area contributed by atoms with Crippen molar-refractivity contribution in [1.29, 1.82) is 0 Å². The number of ether oxygens (including phenoxy) is 1. The highest BCUT2D eigenvalue weighted by molar-refractivity contribution is 7.15. The molecule has 0 radical (unpaired) electrons. The average Bonchev–Trinajstić information content (AvgIpc) is 3.01. The predicted octanol–water partition coefficient (Wildman–Crippen LogP) is 2.74. The second-order valence-electron chi connectivity index (χ2n) is 4.63. The van der Waals surface area contributed by atoms with Crippen molar-refractivity contribution in [2.24, 2.45) is 0 Å². The van der Waals surface area contributed by atoms with Crippen molar-refractivity contribution in [1.82, 2.24) is 4.98 Å². The van der Waals surface area contributed by atoms with Crippen LogP contribution in [-0.2, 0) is 17.6 Å². The molecule has 3 rings (SSSR count). The summed E-state index contributed by atoms with van der Waals surface area (Å²) >= 11 is 1.62. The number of hydrogen-bond donors (Lipinski definition) is 2. The Morgan fingerprint density at radius 2 is 2.30 bits per heavy atom. The fourth-order valence-corrected chi connectivity index (χ4v) is 3.39. The van der Waals surface area contributed by atoms with E-state index in [9.17, 15) is 4.79 Å². The maximum Gasteiger partial charge on any atom is 0.340 e. The number of nitrogen functional groups attached to an aromatic ring is 1. The minimum atomic E-state index is -0.413. The van der Waals surface area contributed by atoms with E-state index in [2.05, 4.69) is 10.3 Å². The number of carbonyl (C=O) groups is 1. The zero-order valence-electron chi connectivity index (χ0n) is 11.1. The fourth-order valence-electron chi connectivity index (χ4n) is 2.34. The highest BCUT2D eigenvalue weighted by Gasteiger charge is 2.19. The van der Waals surface area contributed by atoms with Crippen LogP contribution in [0.1, 0.15) is 27.3 Å². The normalized spacial score (nSPS) is 13.1. The molecule has 0 spiro atoms. The van der Waals surface area contributed by atoms with E-state index < -0.39 is 5.97 Å². The third-order valence-corrected chi connectivity index (χ3v) is 4.40. The highest BCUT2D eigenvalue weighted by atomic mass is 32.1. The standard InChI is InChI=1S/C14H15N3O2S/c1-19-13(18)8-4-2-5-9(15)12(8)17-14-16-10-6-3-7-11(10)20-14/h2,4-5H,3,6-7,15H2,1H3,(H,16,17). The molecule has 5 nitrogen and oxygen atoms in total. The Labute approximate surface area is 120 Å². The van der Waals surface area contributed by atoms with Gasteiger partial charge in [-0.3, -0.25) is 0 Å². The molecule has 20 heavy (non-hydrogen) atoms. The Bertz CT molecular complexity index is 645. The number of rotatable bonds is 3. The number of aromatic nitrogens is 1. The smallest absolute Gasteiger partial charge is 0.340 e. The fraction of sp³-hybridized carbons (Fsp3) is 0.286. The Morgan fingerprint density at radius 3 is 3.05 bits per heavy atom. The number of hydrogen-bond acceptors (Lipinski definition) is 6. The number of anilines is 3. The summed E-state index contributed by atoms with van der Waals surface area (Å²) in [6.07, 6.45) is 3.29. The molecule has 1 aliphatic rings. The van der Waals surface area contributed by atoms with Gasteiger partial charge in [0, 0.05) is 4.88 Å². The second kappa shape index (κ2) is 5.13. The quantitative estimate of drug-likeness (QED) is 0.671. The monoisotopic (exact) mass is 289 g/mol. The first kappa shape index (κ1) is 12.9. The molecule has 0 fully saturated rings. The summed E-state index contributed by atoms with van der Waals surface area (Å²) in [7, 11) is 1.35. The molecule has 2 aromatic rings.